The van der Waals surface area contributed by atoms with E-state index in [1.54, 1.807) is 0 Å². The molecule has 18 heavy (non-hydrogen) atoms. The first kappa shape index (κ1) is 16.0. The molecule has 0 saturated carbocycles. The van der Waals surface area contributed by atoms with Crippen molar-refractivity contribution in [2.75, 3.05) is 13.2 Å². The Hall–Kier alpha value is -0.0582. The molecule has 4 heteroatoms. The second-order valence-corrected chi connectivity index (χ2v) is 11.9. The van der Waals surface area contributed by atoms with Crippen molar-refractivity contribution in [3.8, 4) is 0 Å². The minimum absolute atomic E-state index is 0.0490. The average molecular weight is 268 g/mol. The molecular weight excluding hydrogens is 239 g/mol. The van der Waals surface area contributed by atoms with Crippen LogP contribution in [0.15, 0.2) is 11.5 Å². The minimum Gasteiger partial charge on any atom is -0.407 e. The van der Waals surface area contributed by atoms with Gasteiger partial charge in [0, 0.05) is 21.3 Å². The molecule has 1 aliphatic heterocycles. The van der Waals surface area contributed by atoms with E-state index in [9.17, 15) is 0 Å². The number of hydrogen-bond acceptors (Lipinski definition) is 2. The molecule has 0 amide bonds. The maximum Gasteiger partial charge on any atom is 0.488 e. The van der Waals surface area contributed by atoms with Gasteiger partial charge in [0.1, 0.15) is 0 Å². The first-order chi connectivity index (χ1) is 8.53. The minimum atomic E-state index is -1.10. The van der Waals surface area contributed by atoms with E-state index in [-0.39, 0.29) is 7.12 Å². The molecule has 1 heterocycles. The molecular formula is C14H29BO2Si. The molecule has 0 atom stereocenters. The molecule has 0 aromatic heterocycles. The Bertz CT molecular complexity index is 255. The van der Waals surface area contributed by atoms with Crippen molar-refractivity contribution in [3.63, 3.8) is 0 Å². The fraction of sp³-hybridized carbons (Fsp3) is 0.857. The van der Waals surface area contributed by atoms with Crippen LogP contribution in [0.4, 0.5) is 0 Å². The second kappa shape index (κ2) is 8.18. The molecule has 1 saturated heterocycles. The summed E-state index contributed by atoms with van der Waals surface area (Å²) >= 11 is 0. The third-order valence-electron chi connectivity index (χ3n) is 3.08. The lowest BCUT2D eigenvalue weighted by Crippen LogP contribution is -2.35. The summed E-state index contributed by atoms with van der Waals surface area (Å²) in [6.07, 6.45) is 8.50. The van der Waals surface area contributed by atoms with Gasteiger partial charge in [-0.05, 0) is 30.8 Å². The summed E-state index contributed by atoms with van der Waals surface area (Å²) in [5.41, 5.74) is 1.41. The Morgan fingerprint density at radius 3 is 2.39 bits per heavy atom. The summed E-state index contributed by atoms with van der Waals surface area (Å²) < 4.78 is 11.5. The fourth-order valence-corrected chi connectivity index (χ4v) is 3.78. The highest BCUT2D eigenvalue weighted by molar-refractivity contribution is 6.78. The van der Waals surface area contributed by atoms with Crippen LogP contribution in [0.5, 0.6) is 0 Å². The van der Waals surface area contributed by atoms with Crippen molar-refractivity contribution in [1.82, 2.24) is 0 Å². The molecule has 0 N–H and O–H groups in total. The summed E-state index contributed by atoms with van der Waals surface area (Å²) in [7, 11) is -1.15. The predicted molar refractivity (Wildman–Crippen MR) is 82.7 cm³/mol. The topological polar surface area (TPSA) is 18.5 Å². The van der Waals surface area contributed by atoms with E-state index in [2.05, 4.69) is 32.6 Å². The Morgan fingerprint density at radius 1 is 1.17 bits per heavy atom. The van der Waals surface area contributed by atoms with E-state index in [0.717, 1.165) is 19.6 Å². The molecule has 0 unspecified atom stereocenters. The van der Waals surface area contributed by atoms with Crippen molar-refractivity contribution in [2.45, 2.75) is 64.7 Å². The van der Waals surface area contributed by atoms with Crippen LogP contribution in [0, 0.1) is 0 Å². The Kier molecular flexibility index (Phi) is 7.27. The van der Waals surface area contributed by atoms with Crippen LogP contribution in [0.25, 0.3) is 0 Å². The van der Waals surface area contributed by atoms with E-state index in [0.29, 0.717) is 0 Å². The van der Waals surface area contributed by atoms with Gasteiger partial charge >= 0.3 is 7.12 Å². The van der Waals surface area contributed by atoms with E-state index in [4.69, 9.17) is 9.31 Å². The predicted octanol–water partition coefficient (Wildman–Crippen LogP) is 4.30. The van der Waals surface area contributed by atoms with Gasteiger partial charge in [0.25, 0.3) is 0 Å². The molecule has 0 radical (unpaired) electrons. The molecule has 0 aliphatic carbocycles. The first-order valence-electron chi connectivity index (χ1n) is 7.45. The molecule has 0 aromatic rings. The number of rotatable bonds is 7. The van der Waals surface area contributed by atoms with Crippen LogP contribution in [0.3, 0.4) is 0 Å². The van der Waals surface area contributed by atoms with Gasteiger partial charge in [-0.25, -0.2) is 0 Å². The normalized spacial score (nSPS) is 18.2. The van der Waals surface area contributed by atoms with Crippen molar-refractivity contribution in [1.29, 1.82) is 0 Å². The van der Waals surface area contributed by atoms with Gasteiger partial charge in [-0.15, -0.1) is 0 Å². The molecule has 0 aromatic carbocycles. The van der Waals surface area contributed by atoms with Gasteiger partial charge in [0.05, 0.1) is 0 Å². The van der Waals surface area contributed by atoms with Gasteiger partial charge < -0.3 is 9.31 Å². The van der Waals surface area contributed by atoms with Gasteiger partial charge in [0.15, 0.2) is 0 Å². The molecule has 104 valence electrons. The van der Waals surface area contributed by atoms with E-state index in [1.165, 1.54) is 37.2 Å². The van der Waals surface area contributed by atoms with Crippen LogP contribution >= 0.6 is 0 Å². The highest BCUT2D eigenvalue weighted by atomic mass is 28.3. The highest BCUT2D eigenvalue weighted by Crippen LogP contribution is 2.22. The molecule has 0 bridgehead atoms. The van der Waals surface area contributed by atoms with E-state index in [1.807, 2.05) is 0 Å². The summed E-state index contributed by atoms with van der Waals surface area (Å²) in [6, 6.07) is 1.20. The maximum atomic E-state index is 5.77. The van der Waals surface area contributed by atoms with Crippen molar-refractivity contribution < 1.29 is 9.31 Å². The average Bonchev–Trinajstić information content (AvgIpc) is 2.33. The van der Waals surface area contributed by atoms with E-state index >= 15 is 0 Å². The lowest BCUT2D eigenvalue weighted by Gasteiger charge is -2.26. The largest absolute Gasteiger partial charge is 0.488 e. The van der Waals surface area contributed by atoms with Crippen LogP contribution in [0.2, 0.25) is 25.7 Å². The summed E-state index contributed by atoms with van der Waals surface area (Å²) in [5, 5.41) is 0. The zero-order chi connectivity index (χ0) is 13.4. The fourth-order valence-electron chi connectivity index (χ4n) is 2.25. The van der Waals surface area contributed by atoms with Gasteiger partial charge in [-0.2, -0.15) is 0 Å². The molecule has 2 nitrogen and oxygen atoms in total. The number of allylic oxidation sites excluding steroid dienone is 2. The molecule has 1 fully saturated rings. The Labute approximate surface area is 114 Å². The molecule has 1 rings (SSSR count). The lowest BCUT2D eigenvalue weighted by molar-refractivity contribution is 0.140. The summed E-state index contributed by atoms with van der Waals surface area (Å²) in [6.45, 7) is 11.2. The number of unbranched alkanes of at least 4 members (excludes halogenated alkanes) is 3. The van der Waals surface area contributed by atoms with Crippen LogP contribution in [-0.2, 0) is 9.31 Å². The Morgan fingerprint density at radius 2 is 1.83 bits per heavy atom. The number of hydrogen-bond donors (Lipinski definition) is 0. The molecule has 1 aliphatic rings. The van der Waals surface area contributed by atoms with Crippen molar-refractivity contribution in [3.05, 3.63) is 11.5 Å². The first-order valence-corrected chi connectivity index (χ1v) is 11.2. The van der Waals surface area contributed by atoms with Gasteiger partial charge in [0.2, 0.25) is 0 Å². The van der Waals surface area contributed by atoms with Crippen LogP contribution in [-0.4, -0.2) is 28.4 Å². The zero-order valence-electron chi connectivity index (χ0n) is 12.6. The van der Waals surface area contributed by atoms with Gasteiger partial charge in [-0.1, -0.05) is 45.5 Å². The van der Waals surface area contributed by atoms with E-state index < -0.39 is 8.07 Å². The summed E-state index contributed by atoms with van der Waals surface area (Å²) in [5.74, 6) is 0. The smallest absolute Gasteiger partial charge is 0.407 e. The monoisotopic (exact) mass is 268 g/mol. The quantitative estimate of drug-likeness (QED) is 0.506. The second-order valence-electron chi connectivity index (χ2n) is 6.44. The Balaban J connectivity index is 2.55. The van der Waals surface area contributed by atoms with Crippen LogP contribution < -0.4 is 0 Å². The lowest BCUT2D eigenvalue weighted by atomic mass is 9.77. The third kappa shape index (κ3) is 6.76. The highest BCUT2D eigenvalue weighted by Gasteiger charge is 2.29. The van der Waals surface area contributed by atoms with Crippen LogP contribution in [0.1, 0.15) is 39.0 Å². The van der Waals surface area contributed by atoms with Gasteiger partial charge in [-0.3, -0.25) is 0 Å². The molecule has 0 spiro atoms. The SMILES string of the molecule is CCCCC/C=C(/C[Si](C)(C)C)B1OCCCO1. The summed E-state index contributed by atoms with van der Waals surface area (Å²) in [4.78, 5) is 0. The third-order valence-corrected chi connectivity index (χ3v) is 4.55. The standard InChI is InChI=1S/C14H29BO2Si/c1-5-6-7-8-10-14(13-18(2,3)4)15-16-11-9-12-17-15/h10H,5-9,11-13H2,1-4H3/b14-10-. The maximum absolute atomic E-state index is 5.77. The zero-order valence-corrected chi connectivity index (χ0v) is 13.6. The van der Waals surface area contributed by atoms with Crippen molar-refractivity contribution >= 4 is 15.2 Å². The van der Waals surface area contributed by atoms with Crippen molar-refractivity contribution in [2.24, 2.45) is 0 Å².